The Morgan fingerprint density at radius 1 is 1.00 bits per heavy atom. The summed E-state index contributed by atoms with van der Waals surface area (Å²) in [6.07, 6.45) is 0. The van der Waals surface area contributed by atoms with Crippen LogP contribution in [0.3, 0.4) is 0 Å². The van der Waals surface area contributed by atoms with Crippen LogP contribution >= 0.6 is 15.9 Å². The highest BCUT2D eigenvalue weighted by Gasteiger charge is 2.42. The van der Waals surface area contributed by atoms with Crippen molar-refractivity contribution in [1.29, 1.82) is 0 Å². The fourth-order valence-corrected chi connectivity index (χ4v) is 4.11. The molecule has 0 spiro atoms. The van der Waals surface area contributed by atoms with Crippen molar-refractivity contribution < 1.29 is 18.0 Å². The molecule has 6 nitrogen and oxygen atoms in total. The monoisotopic (exact) mass is 466 g/mol. The Balaban J connectivity index is 2.11. The number of rotatable bonds is 6. The summed E-state index contributed by atoms with van der Waals surface area (Å²) < 4.78 is 24.9. The van der Waals surface area contributed by atoms with Crippen LogP contribution in [0, 0.1) is 0 Å². The first-order valence-corrected chi connectivity index (χ1v) is 10.8. The summed E-state index contributed by atoms with van der Waals surface area (Å²) in [4.78, 5) is 26.1. The molecule has 0 unspecified atom stereocenters. The van der Waals surface area contributed by atoms with Gasteiger partial charge in [0.2, 0.25) is 5.91 Å². The molecule has 2 rings (SSSR count). The Bertz CT molecular complexity index is 966. The van der Waals surface area contributed by atoms with Crippen LogP contribution in [0.4, 0.5) is 0 Å². The van der Waals surface area contributed by atoms with E-state index in [0.717, 1.165) is 10.0 Å². The number of nitrogens with one attached hydrogen (secondary N) is 1. The van der Waals surface area contributed by atoms with Crippen molar-refractivity contribution in [1.82, 2.24) is 10.2 Å². The third-order valence-electron chi connectivity index (χ3n) is 4.40. The van der Waals surface area contributed by atoms with Gasteiger partial charge in [-0.3, -0.25) is 9.59 Å². The molecule has 2 aromatic carbocycles. The van der Waals surface area contributed by atoms with Gasteiger partial charge < -0.3 is 10.2 Å². The second-order valence-corrected chi connectivity index (χ2v) is 10.5. The van der Waals surface area contributed by atoms with Crippen molar-refractivity contribution >= 4 is 37.6 Å². The zero-order valence-electron chi connectivity index (χ0n) is 16.2. The van der Waals surface area contributed by atoms with Gasteiger partial charge in [-0.25, -0.2) is 8.42 Å². The van der Waals surface area contributed by atoms with Crippen LogP contribution in [0.2, 0.25) is 0 Å². The predicted octanol–water partition coefficient (Wildman–Crippen LogP) is 3.02. The van der Waals surface area contributed by atoms with E-state index in [1.54, 1.807) is 50.5 Å². The molecule has 0 aromatic heterocycles. The van der Waals surface area contributed by atoms with Crippen LogP contribution < -0.4 is 5.32 Å². The van der Waals surface area contributed by atoms with Crippen molar-refractivity contribution in [3.63, 3.8) is 0 Å². The predicted molar refractivity (Wildman–Crippen MR) is 112 cm³/mol. The summed E-state index contributed by atoms with van der Waals surface area (Å²) in [5.74, 6) is -0.707. The summed E-state index contributed by atoms with van der Waals surface area (Å²) in [5, 5.41) is 2.68. The lowest BCUT2D eigenvalue weighted by Crippen LogP contribution is -2.47. The lowest BCUT2D eigenvalue weighted by molar-refractivity contribution is -0.123. The fourth-order valence-electron chi connectivity index (χ4n) is 2.45. The van der Waals surface area contributed by atoms with E-state index in [1.807, 2.05) is 0 Å². The first-order chi connectivity index (χ1) is 13.0. The van der Waals surface area contributed by atoms with Gasteiger partial charge in [-0.1, -0.05) is 28.1 Å². The zero-order chi connectivity index (χ0) is 21.1. The highest BCUT2D eigenvalue weighted by Crippen LogP contribution is 2.27. The number of halogens is 1. The van der Waals surface area contributed by atoms with Gasteiger partial charge in [0.25, 0.3) is 5.91 Å². The van der Waals surface area contributed by atoms with E-state index in [9.17, 15) is 18.0 Å². The molecule has 2 amide bonds. The topological polar surface area (TPSA) is 83.6 Å². The van der Waals surface area contributed by atoms with Crippen molar-refractivity contribution in [3.8, 4) is 0 Å². The minimum absolute atomic E-state index is 0.0856. The molecule has 1 N–H and O–H groups in total. The molecule has 0 fully saturated rings. The molecule has 0 atom stereocenters. The minimum atomic E-state index is -3.87. The third kappa shape index (κ3) is 4.62. The number of hydrogen-bond donors (Lipinski definition) is 1. The summed E-state index contributed by atoms with van der Waals surface area (Å²) in [6, 6.07) is 13.0. The Hall–Kier alpha value is -2.19. The quantitative estimate of drug-likeness (QED) is 0.708. The molecule has 0 radical (unpaired) electrons. The molecule has 150 valence electrons. The molecule has 0 saturated carbocycles. The molecule has 2 aromatic rings. The Labute approximate surface area is 174 Å². The van der Waals surface area contributed by atoms with E-state index < -0.39 is 20.5 Å². The van der Waals surface area contributed by atoms with Crippen molar-refractivity contribution in [3.05, 3.63) is 64.1 Å². The highest BCUT2D eigenvalue weighted by molar-refractivity contribution is 9.10. The lowest BCUT2D eigenvalue weighted by atomic mass is 10.1. The Morgan fingerprint density at radius 2 is 1.54 bits per heavy atom. The smallest absolute Gasteiger partial charge is 0.253 e. The summed E-state index contributed by atoms with van der Waals surface area (Å²) in [7, 11) is -0.527. The van der Waals surface area contributed by atoms with Crippen LogP contribution in [-0.4, -0.2) is 44.0 Å². The van der Waals surface area contributed by atoms with Crippen LogP contribution in [-0.2, 0) is 21.2 Å². The summed E-state index contributed by atoms with van der Waals surface area (Å²) in [6.45, 7) is 2.94. The van der Waals surface area contributed by atoms with Gasteiger partial charge in [-0.2, -0.15) is 0 Å². The van der Waals surface area contributed by atoms with Gasteiger partial charge in [0.15, 0.2) is 9.84 Å². The maximum absolute atomic E-state index is 12.9. The second kappa shape index (κ2) is 8.45. The van der Waals surface area contributed by atoms with E-state index in [1.165, 1.54) is 30.9 Å². The molecule has 0 aliphatic carbocycles. The van der Waals surface area contributed by atoms with Crippen LogP contribution in [0.5, 0.6) is 0 Å². The fraction of sp³-hybridized carbons (Fsp3) is 0.300. The number of hydrogen-bond acceptors (Lipinski definition) is 4. The number of amides is 2. The molecular weight excluding hydrogens is 444 g/mol. The molecule has 0 heterocycles. The van der Waals surface area contributed by atoms with Gasteiger partial charge >= 0.3 is 0 Å². The van der Waals surface area contributed by atoms with E-state index in [0.29, 0.717) is 5.56 Å². The normalized spacial score (nSPS) is 11.8. The van der Waals surface area contributed by atoms with Crippen molar-refractivity contribution in [2.24, 2.45) is 0 Å². The number of carbonyl (C=O) groups excluding carboxylic acids is 2. The SMILES string of the molecule is CN(C)C(=O)c1ccc(CNC(=O)C(C)(C)S(=O)(=O)c2ccc(Br)cc2)cc1. The largest absolute Gasteiger partial charge is 0.351 e. The molecular formula is C20H23BrN2O4S. The molecule has 0 aliphatic rings. The first kappa shape index (κ1) is 22.1. The van der Waals surface area contributed by atoms with Crippen molar-refractivity contribution in [2.45, 2.75) is 30.0 Å². The van der Waals surface area contributed by atoms with E-state index in [-0.39, 0.29) is 17.3 Å². The number of benzene rings is 2. The van der Waals surface area contributed by atoms with E-state index in [4.69, 9.17) is 0 Å². The average Bonchev–Trinajstić information content (AvgIpc) is 2.66. The van der Waals surface area contributed by atoms with Gasteiger partial charge in [0.1, 0.15) is 4.75 Å². The third-order valence-corrected chi connectivity index (χ3v) is 7.35. The van der Waals surface area contributed by atoms with Crippen LogP contribution in [0.15, 0.2) is 57.9 Å². The number of nitrogens with zero attached hydrogens (tertiary/aromatic N) is 1. The van der Waals surface area contributed by atoms with Gasteiger partial charge in [0.05, 0.1) is 4.90 Å². The number of carbonyl (C=O) groups is 2. The van der Waals surface area contributed by atoms with Gasteiger partial charge in [0, 0.05) is 30.7 Å². The molecule has 0 saturated heterocycles. The lowest BCUT2D eigenvalue weighted by Gasteiger charge is -2.24. The standard InChI is InChI=1S/C20H23BrN2O4S/c1-20(2,28(26,27)17-11-9-16(21)10-12-17)19(25)22-13-14-5-7-15(8-6-14)18(24)23(3)4/h5-12H,13H2,1-4H3,(H,22,25). The number of sulfone groups is 1. The highest BCUT2D eigenvalue weighted by atomic mass is 79.9. The van der Waals surface area contributed by atoms with Crippen molar-refractivity contribution in [2.75, 3.05) is 14.1 Å². The Morgan fingerprint density at radius 3 is 2.04 bits per heavy atom. The van der Waals surface area contributed by atoms with E-state index >= 15 is 0 Å². The molecule has 8 heteroatoms. The van der Waals surface area contributed by atoms with Gasteiger partial charge in [-0.05, 0) is 55.8 Å². The first-order valence-electron chi connectivity index (χ1n) is 8.56. The minimum Gasteiger partial charge on any atom is -0.351 e. The Kier molecular flexibility index (Phi) is 6.67. The zero-order valence-corrected chi connectivity index (χ0v) is 18.6. The van der Waals surface area contributed by atoms with Crippen LogP contribution in [0.25, 0.3) is 0 Å². The second-order valence-electron chi connectivity index (χ2n) is 7.05. The molecule has 0 bridgehead atoms. The maximum atomic E-state index is 12.9. The summed E-state index contributed by atoms with van der Waals surface area (Å²) >= 11 is 3.27. The average molecular weight is 467 g/mol. The van der Waals surface area contributed by atoms with Gasteiger partial charge in [-0.15, -0.1) is 0 Å². The summed E-state index contributed by atoms with van der Waals surface area (Å²) in [5.41, 5.74) is 1.30. The molecule has 0 aliphatic heterocycles. The maximum Gasteiger partial charge on any atom is 0.253 e. The van der Waals surface area contributed by atoms with Crippen LogP contribution in [0.1, 0.15) is 29.8 Å². The molecule has 28 heavy (non-hydrogen) atoms. The van der Waals surface area contributed by atoms with E-state index in [2.05, 4.69) is 21.2 Å².